The first-order valence-electron chi connectivity index (χ1n) is 5.38. The number of carbonyl (C=O) groups is 1. The number of aromatic nitrogens is 1. The lowest BCUT2D eigenvalue weighted by Crippen LogP contribution is -2.29. The lowest BCUT2D eigenvalue weighted by atomic mass is 10.2. The van der Waals surface area contributed by atoms with E-state index in [9.17, 15) is 4.79 Å². The average Bonchev–Trinajstić information content (AvgIpc) is 2.31. The largest absolute Gasteiger partial charge is 0.377 e. The lowest BCUT2D eigenvalue weighted by Gasteiger charge is -2.14. The van der Waals surface area contributed by atoms with Crippen molar-refractivity contribution in [3.05, 3.63) is 22.8 Å². The summed E-state index contributed by atoms with van der Waals surface area (Å²) >= 11 is 3.27. The van der Waals surface area contributed by atoms with Crippen LogP contribution in [0.1, 0.15) is 13.3 Å². The number of hydrogen-bond donors (Lipinski definition) is 2. The van der Waals surface area contributed by atoms with E-state index in [2.05, 4.69) is 26.2 Å². The molecule has 0 aromatic carbocycles. The van der Waals surface area contributed by atoms with E-state index in [1.54, 1.807) is 12.3 Å². The monoisotopic (exact) mass is 301 g/mol. The Kier molecular flexibility index (Phi) is 6.10. The van der Waals surface area contributed by atoms with Crippen molar-refractivity contribution < 1.29 is 9.53 Å². The normalized spacial score (nSPS) is 12.2. The molecule has 5 nitrogen and oxygen atoms in total. The summed E-state index contributed by atoms with van der Waals surface area (Å²) in [6.45, 7) is 2.75. The highest BCUT2D eigenvalue weighted by Crippen LogP contribution is 2.11. The summed E-state index contributed by atoms with van der Waals surface area (Å²) in [6.07, 6.45) is 1.62. The number of amides is 1. The zero-order valence-corrected chi connectivity index (χ0v) is 11.2. The average molecular weight is 302 g/mol. The zero-order chi connectivity index (χ0) is 12.7. The molecule has 1 aromatic rings. The minimum Gasteiger partial charge on any atom is -0.377 e. The summed E-state index contributed by atoms with van der Waals surface area (Å²) in [5, 5.41) is 2.69. The highest BCUT2D eigenvalue weighted by molar-refractivity contribution is 9.10. The molecule has 6 heteroatoms. The van der Waals surface area contributed by atoms with Gasteiger partial charge in [-0.3, -0.25) is 4.79 Å². The van der Waals surface area contributed by atoms with Crippen molar-refractivity contribution in [2.45, 2.75) is 19.4 Å². The summed E-state index contributed by atoms with van der Waals surface area (Å²) < 4.78 is 6.17. The van der Waals surface area contributed by atoms with Gasteiger partial charge >= 0.3 is 0 Å². The number of ether oxygens (including phenoxy) is 1. The van der Waals surface area contributed by atoms with E-state index >= 15 is 0 Å². The molecule has 0 radical (unpaired) electrons. The van der Waals surface area contributed by atoms with Gasteiger partial charge in [0.05, 0.1) is 12.5 Å². The third kappa shape index (κ3) is 5.25. The van der Waals surface area contributed by atoms with Crippen LogP contribution in [0.15, 0.2) is 22.8 Å². The summed E-state index contributed by atoms with van der Waals surface area (Å²) in [7, 11) is 0. The van der Waals surface area contributed by atoms with E-state index < -0.39 is 0 Å². The Morgan fingerprint density at radius 2 is 2.41 bits per heavy atom. The number of nitrogens with one attached hydrogen (secondary N) is 1. The maximum absolute atomic E-state index is 11.6. The molecule has 0 saturated carbocycles. The van der Waals surface area contributed by atoms with Gasteiger partial charge in [-0.2, -0.15) is 0 Å². The maximum atomic E-state index is 11.6. The number of anilines is 1. The van der Waals surface area contributed by atoms with Gasteiger partial charge in [0.1, 0.15) is 5.82 Å². The van der Waals surface area contributed by atoms with Gasteiger partial charge in [-0.1, -0.05) is 0 Å². The number of nitrogens with zero attached hydrogens (tertiary/aromatic N) is 1. The number of nitrogens with two attached hydrogens (primary N) is 1. The Labute approximate surface area is 109 Å². The molecule has 0 aliphatic heterocycles. The second-order valence-electron chi connectivity index (χ2n) is 3.43. The fourth-order valence-corrected chi connectivity index (χ4v) is 1.53. The number of rotatable bonds is 6. The molecular weight excluding hydrogens is 286 g/mol. The molecule has 94 valence electrons. The van der Waals surface area contributed by atoms with Gasteiger partial charge in [0, 0.05) is 23.8 Å². The van der Waals surface area contributed by atoms with Crippen molar-refractivity contribution in [1.29, 1.82) is 0 Å². The second-order valence-corrected chi connectivity index (χ2v) is 4.34. The standard InChI is InChI=1S/C11H16BrN3O2/c1-2-17-9(6-13)5-11(16)15-10-4-3-8(12)7-14-10/h3-4,7,9H,2,5-6,13H2,1H3,(H,14,15,16). The fraction of sp³-hybridized carbons (Fsp3) is 0.455. The van der Waals surface area contributed by atoms with Crippen LogP contribution in [0.2, 0.25) is 0 Å². The van der Waals surface area contributed by atoms with Crippen molar-refractivity contribution in [1.82, 2.24) is 4.98 Å². The van der Waals surface area contributed by atoms with Crippen molar-refractivity contribution >= 4 is 27.7 Å². The third-order valence-corrected chi connectivity index (χ3v) is 2.54. The van der Waals surface area contributed by atoms with Gasteiger partial charge in [0.2, 0.25) is 5.91 Å². The van der Waals surface area contributed by atoms with Gasteiger partial charge in [0.25, 0.3) is 0 Å². The predicted molar refractivity (Wildman–Crippen MR) is 69.7 cm³/mol. The van der Waals surface area contributed by atoms with Crippen molar-refractivity contribution in [3.8, 4) is 0 Å². The van der Waals surface area contributed by atoms with Crippen molar-refractivity contribution in [2.75, 3.05) is 18.5 Å². The van der Waals surface area contributed by atoms with Gasteiger partial charge in [-0.15, -0.1) is 0 Å². The second kappa shape index (κ2) is 7.37. The molecule has 0 bridgehead atoms. The first kappa shape index (κ1) is 14.1. The molecule has 1 unspecified atom stereocenters. The van der Waals surface area contributed by atoms with E-state index in [0.717, 1.165) is 4.47 Å². The number of hydrogen-bond acceptors (Lipinski definition) is 4. The number of carbonyl (C=O) groups excluding carboxylic acids is 1. The van der Waals surface area contributed by atoms with E-state index in [-0.39, 0.29) is 18.4 Å². The molecule has 3 N–H and O–H groups in total. The molecule has 0 aliphatic rings. The molecule has 1 aromatic heterocycles. The molecule has 1 atom stereocenters. The first-order valence-corrected chi connectivity index (χ1v) is 6.18. The molecule has 0 saturated heterocycles. The van der Waals surface area contributed by atoms with Crippen LogP contribution in [0.3, 0.4) is 0 Å². The molecule has 1 heterocycles. The van der Waals surface area contributed by atoms with Gasteiger partial charge in [-0.05, 0) is 35.0 Å². The molecule has 1 amide bonds. The van der Waals surface area contributed by atoms with E-state index in [4.69, 9.17) is 10.5 Å². The van der Waals surface area contributed by atoms with E-state index in [0.29, 0.717) is 19.0 Å². The van der Waals surface area contributed by atoms with Gasteiger partial charge in [0.15, 0.2) is 0 Å². The Morgan fingerprint density at radius 3 is 2.94 bits per heavy atom. The molecule has 0 spiro atoms. The van der Waals surface area contributed by atoms with Crippen LogP contribution in [-0.4, -0.2) is 30.1 Å². The Morgan fingerprint density at radius 1 is 1.65 bits per heavy atom. The smallest absolute Gasteiger partial charge is 0.228 e. The Bertz CT molecular complexity index is 356. The molecule has 0 aliphatic carbocycles. The van der Waals surface area contributed by atoms with Crippen LogP contribution in [-0.2, 0) is 9.53 Å². The Hall–Kier alpha value is -0.980. The summed E-state index contributed by atoms with van der Waals surface area (Å²) in [5.74, 6) is 0.370. The minimum atomic E-state index is -0.240. The Balaban J connectivity index is 2.46. The first-order chi connectivity index (χ1) is 8.15. The topological polar surface area (TPSA) is 77.2 Å². The van der Waals surface area contributed by atoms with Crippen molar-refractivity contribution in [3.63, 3.8) is 0 Å². The van der Waals surface area contributed by atoms with Crippen LogP contribution < -0.4 is 11.1 Å². The molecule has 17 heavy (non-hydrogen) atoms. The number of halogens is 1. The summed E-state index contributed by atoms with van der Waals surface area (Å²) in [5.41, 5.74) is 5.49. The minimum absolute atomic E-state index is 0.149. The molecule has 1 rings (SSSR count). The van der Waals surface area contributed by atoms with Gasteiger partial charge < -0.3 is 15.8 Å². The van der Waals surface area contributed by atoms with Crippen molar-refractivity contribution in [2.24, 2.45) is 5.73 Å². The van der Waals surface area contributed by atoms with E-state index in [1.165, 1.54) is 0 Å². The predicted octanol–water partition coefficient (Wildman–Crippen LogP) is 1.54. The zero-order valence-electron chi connectivity index (χ0n) is 9.65. The summed E-state index contributed by atoms with van der Waals surface area (Å²) in [4.78, 5) is 15.7. The fourth-order valence-electron chi connectivity index (χ4n) is 1.30. The van der Waals surface area contributed by atoms with Crippen LogP contribution in [0.5, 0.6) is 0 Å². The third-order valence-electron chi connectivity index (χ3n) is 2.07. The molecular formula is C11H16BrN3O2. The SMILES string of the molecule is CCOC(CN)CC(=O)Nc1ccc(Br)cn1. The summed E-state index contributed by atoms with van der Waals surface area (Å²) in [6, 6.07) is 3.53. The highest BCUT2D eigenvalue weighted by Gasteiger charge is 2.12. The van der Waals surface area contributed by atoms with Crippen LogP contribution in [0, 0.1) is 0 Å². The van der Waals surface area contributed by atoms with Crippen LogP contribution in [0.4, 0.5) is 5.82 Å². The van der Waals surface area contributed by atoms with Crippen LogP contribution in [0.25, 0.3) is 0 Å². The maximum Gasteiger partial charge on any atom is 0.228 e. The number of pyridine rings is 1. The highest BCUT2D eigenvalue weighted by atomic mass is 79.9. The molecule has 0 fully saturated rings. The van der Waals surface area contributed by atoms with Crippen LogP contribution >= 0.6 is 15.9 Å². The lowest BCUT2D eigenvalue weighted by molar-refractivity contribution is -0.118. The quantitative estimate of drug-likeness (QED) is 0.835. The van der Waals surface area contributed by atoms with Gasteiger partial charge in [-0.25, -0.2) is 4.98 Å². The van der Waals surface area contributed by atoms with E-state index in [1.807, 2.05) is 13.0 Å².